The Morgan fingerprint density at radius 1 is 0.909 bits per heavy atom. The van der Waals surface area contributed by atoms with Crippen molar-refractivity contribution in [2.24, 2.45) is 5.92 Å². The highest BCUT2D eigenvalue weighted by Crippen LogP contribution is 2.41. The van der Waals surface area contributed by atoms with Gasteiger partial charge in [0.1, 0.15) is 12.6 Å². The molecule has 3 atom stereocenters. The summed E-state index contributed by atoms with van der Waals surface area (Å²) in [6.07, 6.45) is 2.17. The molecule has 0 aromatic heterocycles. The standard InChI is InChI=1S/C29H32ClNO2/c1-19(2)14-21-4-8-23(9-5-21)20(3)29-26-16-28-27(32-18-33-28)15-24(26)12-13-31(29)17-22-6-10-25(30)11-7-22/h4-11,15-16,19-20,29H,12-14,17-18H2,1-3H3/p+1/t20-,29+/m1/s1. The zero-order chi connectivity index (χ0) is 22.9. The summed E-state index contributed by atoms with van der Waals surface area (Å²) in [7, 11) is 0. The van der Waals surface area contributed by atoms with Gasteiger partial charge in [0.25, 0.3) is 0 Å². The Morgan fingerprint density at radius 2 is 1.58 bits per heavy atom. The largest absolute Gasteiger partial charge is 0.454 e. The third kappa shape index (κ3) is 4.76. The Kier molecular flexibility index (Phi) is 6.36. The number of ether oxygens (including phenoxy) is 2. The van der Waals surface area contributed by atoms with Crippen LogP contribution in [0.2, 0.25) is 5.02 Å². The van der Waals surface area contributed by atoms with Crippen molar-refractivity contribution in [3.8, 4) is 11.5 Å². The van der Waals surface area contributed by atoms with Crippen LogP contribution in [0.5, 0.6) is 11.5 Å². The molecule has 0 saturated heterocycles. The zero-order valence-electron chi connectivity index (χ0n) is 19.7. The number of benzene rings is 3. The Balaban J connectivity index is 1.49. The highest BCUT2D eigenvalue weighted by Gasteiger charge is 2.37. The van der Waals surface area contributed by atoms with Gasteiger partial charge in [-0.05, 0) is 53.3 Å². The second kappa shape index (κ2) is 9.40. The first-order valence-corrected chi connectivity index (χ1v) is 12.5. The summed E-state index contributed by atoms with van der Waals surface area (Å²) in [5, 5.41) is 0.789. The van der Waals surface area contributed by atoms with E-state index in [2.05, 4.69) is 69.3 Å². The van der Waals surface area contributed by atoms with Crippen LogP contribution in [-0.4, -0.2) is 13.3 Å². The lowest BCUT2D eigenvalue weighted by Crippen LogP contribution is -3.12. The fourth-order valence-corrected chi connectivity index (χ4v) is 5.61. The maximum absolute atomic E-state index is 6.15. The molecule has 0 spiro atoms. The summed E-state index contributed by atoms with van der Waals surface area (Å²) in [6.45, 7) is 9.32. The van der Waals surface area contributed by atoms with Gasteiger partial charge < -0.3 is 14.4 Å². The van der Waals surface area contributed by atoms with Gasteiger partial charge in [0.2, 0.25) is 6.79 Å². The molecule has 0 saturated carbocycles. The van der Waals surface area contributed by atoms with Crippen LogP contribution in [0, 0.1) is 5.92 Å². The molecule has 3 aromatic rings. The van der Waals surface area contributed by atoms with E-state index in [0.29, 0.717) is 24.7 Å². The molecule has 0 bridgehead atoms. The quantitative estimate of drug-likeness (QED) is 0.503. The second-order valence-corrected chi connectivity index (χ2v) is 10.4. The maximum atomic E-state index is 6.15. The number of fused-ring (bicyclic) bond motifs is 2. The molecule has 3 nitrogen and oxygen atoms in total. The van der Waals surface area contributed by atoms with Crippen LogP contribution >= 0.6 is 11.6 Å². The second-order valence-electron chi connectivity index (χ2n) is 9.97. The van der Waals surface area contributed by atoms with E-state index in [0.717, 1.165) is 42.5 Å². The summed E-state index contributed by atoms with van der Waals surface area (Å²) < 4.78 is 11.5. The minimum Gasteiger partial charge on any atom is -0.454 e. The number of rotatable bonds is 6. The van der Waals surface area contributed by atoms with E-state index in [4.69, 9.17) is 21.1 Å². The SMILES string of the molecule is CC(C)Cc1ccc([C@@H](C)[C@H]2c3cc4c(cc3CC[NH+]2Cc2ccc(Cl)cc2)OCO4)cc1. The highest BCUT2D eigenvalue weighted by molar-refractivity contribution is 6.30. The molecule has 3 aromatic carbocycles. The molecular formula is C29H33ClNO2+. The molecule has 1 unspecified atom stereocenters. The van der Waals surface area contributed by atoms with E-state index in [1.807, 2.05) is 12.1 Å². The van der Waals surface area contributed by atoms with Crippen molar-refractivity contribution in [3.05, 3.63) is 93.5 Å². The topological polar surface area (TPSA) is 22.9 Å². The molecule has 0 amide bonds. The van der Waals surface area contributed by atoms with Crippen LogP contribution in [0.25, 0.3) is 0 Å². The lowest BCUT2D eigenvalue weighted by molar-refractivity contribution is -0.949. The van der Waals surface area contributed by atoms with Crippen molar-refractivity contribution in [3.63, 3.8) is 0 Å². The smallest absolute Gasteiger partial charge is 0.231 e. The van der Waals surface area contributed by atoms with Gasteiger partial charge >= 0.3 is 0 Å². The molecule has 2 aliphatic rings. The summed E-state index contributed by atoms with van der Waals surface area (Å²) in [4.78, 5) is 1.59. The van der Waals surface area contributed by atoms with Gasteiger partial charge in [-0.3, -0.25) is 0 Å². The normalized spacial score (nSPS) is 20.0. The molecular weight excluding hydrogens is 430 g/mol. The summed E-state index contributed by atoms with van der Waals surface area (Å²) in [6, 6.07) is 22.4. The van der Waals surface area contributed by atoms with Gasteiger partial charge in [-0.2, -0.15) is 0 Å². The van der Waals surface area contributed by atoms with Crippen molar-refractivity contribution in [2.45, 2.75) is 52.1 Å². The predicted molar refractivity (Wildman–Crippen MR) is 133 cm³/mol. The van der Waals surface area contributed by atoms with Crippen LogP contribution < -0.4 is 14.4 Å². The van der Waals surface area contributed by atoms with Crippen LogP contribution in [-0.2, 0) is 19.4 Å². The Hall–Kier alpha value is -2.49. The van der Waals surface area contributed by atoms with Gasteiger partial charge in [-0.1, -0.05) is 68.8 Å². The lowest BCUT2D eigenvalue weighted by atomic mass is 9.81. The molecule has 33 heavy (non-hydrogen) atoms. The van der Waals surface area contributed by atoms with Gasteiger partial charge in [0, 0.05) is 28.5 Å². The van der Waals surface area contributed by atoms with Crippen LogP contribution in [0.15, 0.2) is 60.7 Å². The van der Waals surface area contributed by atoms with Crippen LogP contribution in [0.1, 0.15) is 60.5 Å². The monoisotopic (exact) mass is 462 g/mol. The average Bonchev–Trinajstić information content (AvgIpc) is 3.26. The molecule has 0 aliphatic carbocycles. The number of hydrogen-bond donors (Lipinski definition) is 1. The van der Waals surface area contributed by atoms with E-state index >= 15 is 0 Å². The van der Waals surface area contributed by atoms with Crippen molar-refractivity contribution >= 4 is 11.6 Å². The number of nitrogens with one attached hydrogen (secondary N) is 1. The molecule has 2 heterocycles. The van der Waals surface area contributed by atoms with Crippen molar-refractivity contribution in [1.29, 1.82) is 0 Å². The van der Waals surface area contributed by atoms with Gasteiger partial charge in [-0.15, -0.1) is 0 Å². The van der Waals surface area contributed by atoms with Gasteiger partial charge in [0.05, 0.1) is 6.54 Å². The molecule has 5 rings (SSSR count). The Labute approximate surface area is 202 Å². The summed E-state index contributed by atoms with van der Waals surface area (Å²) in [5.41, 5.74) is 6.93. The van der Waals surface area contributed by atoms with Crippen LogP contribution in [0.4, 0.5) is 0 Å². The van der Waals surface area contributed by atoms with Crippen LogP contribution in [0.3, 0.4) is 0 Å². The third-order valence-corrected chi connectivity index (χ3v) is 7.37. The first-order chi connectivity index (χ1) is 16.0. The fraction of sp³-hybridized carbons (Fsp3) is 0.379. The minimum atomic E-state index is 0.317. The van der Waals surface area contributed by atoms with E-state index < -0.39 is 0 Å². The molecule has 0 fully saturated rings. The van der Waals surface area contributed by atoms with E-state index in [-0.39, 0.29) is 0 Å². The number of quaternary nitrogens is 1. The third-order valence-electron chi connectivity index (χ3n) is 7.12. The van der Waals surface area contributed by atoms with E-state index in [9.17, 15) is 0 Å². The Bertz CT molecular complexity index is 1110. The minimum absolute atomic E-state index is 0.317. The molecule has 172 valence electrons. The number of halogens is 1. The van der Waals surface area contributed by atoms with Gasteiger partial charge in [-0.25, -0.2) is 0 Å². The average molecular weight is 463 g/mol. The summed E-state index contributed by atoms with van der Waals surface area (Å²) >= 11 is 6.15. The molecule has 2 aliphatic heterocycles. The predicted octanol–water partition coefficient (Wildman–Crippen LogP) is 5.75. The van der Waals surface area contributed by atoms with Crippen molar-refractivity contribution < 1.29 is 14.4 Å². The first-order valence-electron chi connectivity index (χ1n) is 12.1. The fourth-order valence-electron chi connectivity index (χ4n) is 5.48. The van der Waals surface area contributed by atoms with E-state index in [1.165, 1.54) is 27.8 Å². The molecule has 0 radical (unpaired) electrons. The Morgan fingerprint density at radius 3 is 2.27 bits per heavy atom. The molecule has 1 N–H and O–H groups in total. The number of hydrogen-bond acceptors (Lipinski definition) is 2. The summed E-state index contributed by atoms with van der Waals surface area (Å²) in [5.74, 6) is 2.81. The first kappa shape index (κ1) is 22.3. The van der Waals surface area contributed by atoms with E-state index in [1.54, 1.807) is 4.90 Å². The van der Waals surface area contributed by atoms with Gasteiger partial charge in [0.15, 0.2) is 11.5 Å². The highest BCUT2D eigenvalue weighted by atomic mass is 35.5. The van der Waals surface area contributed by atoms with Crippen molar-refractivity contribution in [1.82, 2.24) is 0 Å². The maximum Gasteiger partial charge on any atom is 0.231 e. The van der Waals surface area contributed by atoms with Crippen molar-refractivity contribution in [2.75, 3.05) is 13.3 Å². The zero-order valence-corrected chi connectivity index (χ0v) is 20.5. The molecule has 4 heteroatoms. The lowest BCUT2D eigenvalue weighted by Gasteiger charge is -2.38.